The summed E-state index contributed by atoms with van der Waals surface area (Å²) in [6.45, 7) is 2.45. The topological polar surface area (TPSA) is 80.3 Å². The molecule has 3 heterocycles. The van der Waals surface area contributed by atoms with Crippen molar-refractivity contribution in [2.24, 2.45) is 7.05 Å². The largest absolute Gasteiger partial charge is 0.454 e. The minimum Gasteiger partial charge on any atom is -0.454 e. The van der Waals surface area contributed by atoms with Crippen LogP contribution in [0.4, 0.5) is 0 Å². The Kier molecular flexibility index (Phi) is 4.07. The number of ether oxygens (including phenoxy) is 2. The number of hydrogen-bond donors (Lipinski definition) is 0. The number of hydrogen-bond acceptors (Lipinski definition) is 5. The number of halogens is 2. The minimum absolute atomic E-state index is 0.149. The summed E-state index contributed by atoms with van der Waals surface area (Å²) in [5.41, 5.74) is 0.596. The monoisotopic (exact) mass is 440 g/mol. The quantitative estimate of drug-likeness (QED) is 0.582. The predicted molar refractivity (Wildman–Crippen MR) is 99.3 cm³/mol. The average molecular weight is 442 g/mol. The van der Waals surface area contributed by atoms with Crippen LogP contribution < -0.4 is 20.7 Å². The molecule has 0 N–H and O–H groups in total. The van der Waals surface area contributed by atoms with E-state index in [1.165, 1.54) is 9.13 Å². The van der Waals surface area contributed by atoms with Crippen molar-refractivity contribution in [1.29, 1.82) is 0 Å². The first-order valence-corrected chi connectivity index (χ1v) is 9.03. The standard InChI is InChI=1S/C16H14BrClN4O4/c1-3-21-14(23)12-13(20(2)16(21)24)19-15(17)22(12)6-8-4-10-11(5-9(8)18)26-7-25-10/h4-5H,3,6-7H2,1-2H3. The summed E-state index contributed by atoms with van der Waals surface area (Å²) in [5.74, 6) is 1.19. The highest BCUT2D eigenvalue weighted by Crippen LogP contribution is 2.37. The molecule has 0 fully saturated rings. The van der Waals surface area contributed by atoms with E-state index in [-0.39, 0.29) is 25.4 Å². The normalized spacial score (nSPS) is 12.9. The third-order valence-corrected chi connectivity index (χ3v) is 5.33. The van der Waals surface area contributed by atoms with E-state index in [4.69, 9.17) is 21.1 Å². The molecule has 0 radical (unpaired) electrons. The van der Waals surface area contributed by atoms with Gasteiger partial charge in [-0.1, -0.05) is 11.6 Å². The molecule has 1 aromatic carbocycles. The van der Waals surface area contributed by atoms with E-state index in [9.17, 15) is 9.59 Å². The molecular weight excluding hydrogens is 428 g/mol. The number of nitrogens with zero attached hydrogens (tertiary/aromatic N) is 4. The van der Waals surface area contributed by atoms with Crippen LogP contribution in [0.25, 0.3) is 11.2 Å². The Hall–Kier alpha value is -2.26. The molecule has 8 nitrogen and oxygen atoms in total. The number of aryl methyl sites for hydroxylation is 1. The fourth-order valence-electron chi connectivity index (χ4n) is 3.02. The van der Waals surface area contributed by atoms with Gasteiger partial charge in [0.2, 0.25) is 6.79 Å². The first-order valence-electron chi connectivity index (χ1n) is 7.86. The lowest BCUT2D eigenvalue weighted by Crippen LogP contribution is -2.39. The zero-order valence-electron chi connectivity index (χ0n) is 14.0. The van der Waals surface area contributed by atoms with Gasteiger partial charge in [-0.2, -0.15) is 0 Å². The summed E-state index contributed by atoms with van der Waals surface area (Å²) in [5, 5.41) is 0.489. The lowest BCUT2D eigenvalue weighted by molar-refractivity contribution is 0.174. The van der Waals surface area contributed by atoms with E-state index in [2.05, 4.69) is 20.9 Å². The van der Waals surface area contributed by atoms with Crippen LogP contribution >= 0.6 is 27.5 Å². The maximum Gasteiger partial charge on any atom is 0.332 e. The fourth-order valence-corrected chi connectivity index (χ4v) is 3.70. The second kappa shape index (κ2) is 6.17. The van der Waals surface area contributed by atoms with Crippen LogP contribution in [0, 0.1) is 0 Å². The Morgan fingerprint density at radius 2 is 1.92 bits per heavy atom. The molecule has 3 aromatic rings. The first kappa shape index (κ1) is 17.2. The second-order valence-corrected chi connectivity index (χ2v) is 6.94. The summed E-state index contributed by atoms with van der Waals surface area (Å²) in [6, 6.07) is 3.47. The third-order valence-electron chi connectivity index (χ3n) is 4.37. The smallest absolute Gasteiger partial charge is 0.332 e. The molecule has 1 aliphatic rings. The van der Waals surface area contributed by atoms with Gasteiger partial charge < -0.3 is 14.0 Å². The van der Waals surface area contributed by atoms with Crippen molar-refractivity contribution >= 4 is 38.7 Å². The molecule has 0 saturated carbocycles. The summed E-state index contributed by atoms with van der Waals surface area (Å²) >= 11 is 9.74. The molecule has 0 spiro atoms. The van der Waals surface area contributed by atoms with Crippen molar-refractivity contribution in [2.45, 2.75) is 20.0 Å². The number of rotatable bonds is 3. The zero-order valence-corrected chi connectivity index (χ0v) is 16.3. The van der Waals surface area contributed by atoms with Crippen molar-refractivity contribution in [3.8, 4) is 11.5 Å². The van der Waals surface area contributed by atoms with E-state index in [0.29, 0.717) is 32.4 Å². The number of fused-ring (bicyclic) bond motifs is 2. The van der Waals surface area contributed by atoms with Gasteiger partial charge in [0.25, 0.3) is 5.56 Å². The molecule has 0 unspecified atom stereocenters. The van der Waals surface area contributed by atoms with E-state index >= 15 is 0 Å². The molecule has 4 rings (SSSR count). The van der Waals surface area contributed by atoms with Crippen LogP contribution in [-0.4, -0.2) is 25.5 Å². The van der Waals surface area contributed by atoms with Crippen molar-refractivity contribution < 1.29 is 9.47 Å². The highest BCUT2D eigenvalue weighted by atomic mass is 79.9. The van der Waals surface area contributed by atoms with Crippen molar-refractivity contribution in [1.82, 2.24) is 18.7 Å². The SMILES string of the molecule is CCn1c(=O)c2c(nc(Br)n2Cc2cc3c(cc2Cl)OCO3)n(C)c1=O. The van der Waals surface area contributed by atoms with Crippen LogP contribution in [0.15, 0.2) is 26.5 Å². The molecular formula is C16H14BrClN4O4. The molecule has 0 bridgehead atoms. The van der Waals surface area contributed by atoms with Crippen LogP contribution in [0.3, 0.4) is 0 Å². The van der Waals surface area contributed by atoms with Crippen molar-refractivity contribution in [3.63, 3.8) is 0 Å². The van der Waals surface area contributed by atoms with Gasteiger partial charge in [-0.15, -0.1) is 0 Å². The second-order valence-electron chi connectivity index (χ2n) is 5.83. The van der Waals surface area contributed by atoms with E-state index in [0.717, 1.165) is 5.56 Å². The van der Waals surface area contributed by atoms with E-state index < -0.39 is 5.69 Å². The summed E-state index contributed by atoms with van der Waals surface area (Å²) < 4.78 is 15.4. The number of aromatic nitrogens is 4. The van der Waals surface area contributed by atoms with Crippen LogP contribution in [0.5, 0.6) is 11.5 Å². The fraction of sp³-hybridized carbons (Fsp3) is 0.312. The highest BCUT2D eigenvalue weighted by Gasteiger charge is 2.21. The highest BCUT2D eigenvalue weighted by molar-refractivity contribution is 9.10. The van der Waals surface area contributed by atoms with Crippen molar-refractivity contribution in [2.75, 3.05) is 6.79 Å². The number of benzene rings is 1. The Bertz CT molecular complexity index is 1160. The third kappa shape index (κ3) is 2.45. The van der Waals surface area contributed by atoms with Gasteiger partial charge in [-0.25, -0.2) is 9.78 Å². The van der Waals surface area contributed by atoms with Crippen LogP contribution in [0.1, 0.15) is 12.5 Å². The maximum absolute atomic E-state index is 12.8. The minimum atomic E-state index is -0.400. The molecule has 26 heavy (non-hydrogen) atoms. The van der Waals surface area contributed by atoms with E-state index in [1.54, 1.807) is 30.7 Å². The summed E-state index contributed by atoms with van der Waals surface area (Å²) in [7, 11) is 1.59. The van der Waals surface area contributed by atoms with Gasteiger partial charge in [0.05, 0.1) is 6.54 Å². The molecule has 10 heteroatoms. The molecule has 2 aromatic heterocycles. The van der Waals surface area contributed by atoms with Gasteiger partial charge in [-0.05, 0) is 34.5 Å². The molecule has 136 valence electrons. The van der Waals surface area contributed by atoms with Gasteiger partial charge in [0, 0.05) is 24.7 Å². The van der Waals surface area contributed by atoms with Gasteiger partial charge in [-0.3, -0.25) is 13.9 Å². The Morgan fingerprint density at radius 3 is 2.62 bits per heavy atom. The van der Waals surface area contributed by atoms with Crippen LogP contribution in [-0.2, 0) is 20.1 Å². The molecule has 1 aliphatic heterocycles. The van der Waals surface area contributed by atoms with Gasteiger partial charge >= 0.3 is 5.69 Å². The Labute approximate surface area is 160 Å². The van der Waals surface area contributed by atoms with Crippen molar-refractivity contribution in [3.05, 3.63) is 48.3 Å². The number of imidazole rings is 1. The molecule has 0 atom stereocenters. The summed E-state index contributed by atoms with van der Waals surface area (Å²) in [4.78, 5) is 29.5. The average Bonchev–Trinajstić information content (AvgIpc) is 3.18. The van der Waals surface area contributed by atoms with Gasteiger partial charge in [0.1, 0.15) is 0 Å². The summed E-state index contributed by atoms with van der Waals surface area (Å²) in [6.07, 6.45) is 0. The lowest BCUT2D eigenvalue weighted by atomic mass is 10.2. The molecule has 0 amide bonds. The molecule has 0 saturated heterocycles. The zero-order chi connectivity index (χ0) is 18.6. The lowest BCUT2D eigenvalue weighted by Gasteiger charge is -2.10. The first-order chi connectivity index (χ1) is 12.4. The maximum atomic E-state index is 12.8. The van der Waals surface area contributed by atoms with E-state index in [1.807, 2.05) is 0 Å². The predicted octanol–water partition coefficient (Wildman–Crippen LogP) is 2.11. The van der Waals surface area contributed by atoms with Crippen LogP contribution in [0.2, 0.25) is 5.02 Å². The van der Waals surface area contributed by atoms with Gasteiger partial charge in [0.15, 0.2) is 27.4 Å². The Balaban J connectivity index is 1.93. The Morgan fingerprint density at radius 1 is 1.23 bits per heavy atom. The molecule has 0 aliphatic carbocycles.